The van der Waals surface area contributed by atoms with Gasteiger partial charge < -0.3 is 17.7 Å². The van der Waals surface area contributed by atoms with E-state index in [1.54, 1.807) is 12.7 Å². The maximum atomic E-state index is 6.57. The second-order valence-electron chi connectivity index (χ2n) is 12.2. The zero-order valence-electron chi connectivity index (χ0n) is 25.3. The summed E-state index contributed by atoms with van der Waals surface area (Å²) in [6, 6.07) is 16.6. The molecule has 14 nitrogen and oxygen atoms in total. The van der Waals surface area contributed by atoms with Gasteiger partial charge in [0.15, 0.2) is 11.0 Å². The second-order valence-corrected chi connectivity index (χ2v) is 19.8. The summed E-state index contributed by atoms with van der Waals surface area (Å²) in [5.74, 6) is 0.360. The lowest BCUT2D eigenvalue weighted by atomic mass is 10.2. The standard InChI is InChI=1S/C30H26N10O4Si2/c1-45(2)20-11-9-19(10-12-20)40-16-32-27-25(40)23-29(38-36-27)44-30(34-23)46(3,4)42-14-21-33-22-24-26(35-37-28(22)43-21)31-15-39(24)18-7-5-17(6-8-18)13-41-45/h5-12,15-16H,13-14H2,1-4H3. The van der Waals surface area contributed by atoms with E-state index in [1.807, 2.05) is 34.4 Å². The molecule has 0 amide bonds. The van der Waals surface area contributed by atoms with Gasteiger partial charge in [-0.3, -0.25) is 9.13 Å². The van der Waals surface area contributed by atoms with Crippen molar-refractivity contribution in [1.82, 2.24) is 49.5 Å². The molecule has 0 atom stereocenters. The van der Waals surface area contributed by atoms with Crippen molar-refractivity contribution in [3.8, 4) is 11.4 Å². The van der Waals surface area contributed by atoms with E-state index in [4.69, 9.17) is 27.7 Å². The van der Waals surface area contributed by atoms with Gasteiger partial charge in [0.25, 0.3) is 19.7 Å². The molecule has 8 aromatic rings. The van der Waals surface area contributed by atoms with Gasteiger partial charge in [-0.2, -0.15) is 0 Å². The minimum Gasteiger partial charge on any atom is -0.423 e. The number of fused-ring (bicyclic) bond motifs is 2. The maximum absolute atomic E-state index is 6.57. The maximum Gasteiger partial charge on any atom is 0.283 e. The number of benzene rings is 2. The summed E-state index contributed by atoms with van der Waals surface area (Å²) in [6.45, 7) is 8.97. The van der Waals surface area contributed by atoms with Crippen molar-refractivity contribution in [3.05, 3.63) is 72.6 Å². The highest BCUT2D eigenvalue weighted by molar-refractivity contribution is 6.84. The summed E-state index contributed by atoms with van der Waals surface area (Å²) in [7, 11) is -4.97. The number of rotatable bonds is 0. The summed E-state index contributed by atoms with van der Waals surface area (Å²) in [6.07, 6.45) is 3.45. The van der Waals surface area contributed by atoms with Crippen LogP contribution in [0.1, 0.15) is 11.5 Å². The Kier molecular flexibility index (Phi) is 5.71. The van der Waals surface area contributed by atoms with Crippen molar-refractivity contribution in [1.29, 1.82) is 0 Å². The van der Waals surface area contributed by atoms with Crippen molar-refractivity contribution in [2.24, 2.45) is 0 Å². The van der Waals surface area contributed by atoms with E-state index in [0.29, 0.717) is 62.8 Å². The molecule has 6 aromatic heterocycles. The van der Waals surface area contributed by atoms with Crippen molar-refractivity contribution < 1.29 is 17.7 Å². The molecule has 46 heavy (non-hydrogen) atoms. The van der Waals surface area contributed by atoms with Gasteiger partial charge in [0.2, 0.25) is 31.0 Å². The lowest BCUT2D eigenvalue weighted by Crippen LogP contribution is -2.45. The quantitative estimate of drug-likeness (QED) is 0.220. The SMILES string of the molecule is C[Si]1(C)OCc2ccc(cc2)-n2cnc3nnc4oc(nc4c32)CO[Si](C)(C)c2nc3c(nnc4ncn(c43)-c3ccc1cc3)o2. The highest BCUT2D eigenvalue weighted by Gasteiger charge is 2.34. The van der Waals surface area contributed by atoms with Crippen LogP contribution in [0.2, 0.25) is 26.2 Å². The Hall–Kier alpha value is -5.17. The van der Waals surface area contributed by atoms with E-state index in [1.165, 1.54) is 5.19 Å². The van der Waals surface area contributed by atoms with Crippen molar-refractivity contribution in [2.45, 2.75) is 39.4 Å². The predicted octanol–water partition coefficient (Wildman–Crippen LogP) is 3.80. The van der Waals surface area contributed by atoms with Crippen LogP contribution >= 0.6 is 0 Å². The van der Waals surface area contributed by atoms with E-state index < -0.39 is 16.6 Å². The fraction of sp³-hybridized carbons (Fsp3) is 0.200. The molecule has 16 heteroatoms. The first kappa shape index (κ1) is 27.2. The molecule has 3 aliphatic rings. The van der Waals surface area contributed by atoms with Crippen LogP contribution in [0.3, 0.4) is 0 Å². The van der Waals surface area contributed by atoms with Crippen LogP contribution in [0.25, 0.3) is 56.2 Å². The van der Waals surface area contributed by atoms with Gasteiger partial charge in [-0.05, 0) is 61.2 Å². The smallest absolute Gasteiger partial charge is 0.283 e. The largest absolute Gasteiger partial charge is 0.423 e. The molecule has 0 radical (unpaired) electrons. The van der Waals surface area contributed by atoms with Gasteiger partial charge in [-0.25, -0.2) is 19.9 Å². The Bertz CT molecular complexity index is 2450. The Morgan fingerprint density at radius 2 is 1.17 bits per heavy atom. The molecule has 3 aliphatic heterocycles. The summed E-state index contributed by atoms with van der Waals surface area (Å²) in [4.78, 5) is 18.6. The minimum atomic E-state index is -2.73. The predicted molar refractivity (Wildman–Crippen MR) is 172 cm³/mol. The molecule has 0 aliphatic carbocycles. The van der Waals surface area contributed by atoms with Crippen LogP contribution < -0.4 is 10.7 Å². The summed E-state index contributed by atoms with van der Waals surface area (Å²) >= 11 is 0. The highest BCUT2D eigenvalue weighted by atomic mass is 28.4. The Balaban J connectivity index is 1.20. The first-order valence-electron chi connectivity index (χ1n) is 14.7. The summed E-state index contributed by atoms with van der Waals surface area (Å²) in [5.41, 5.74) is 7.44. The molecule has 0 unspecified atom stereocenters. The van der Waals surface area contributed by atoms with Gasteiger partial charge in [0, 0.05) is 11.4 Å². The van der Waals surface area contributed by atoms with E-state index in [2.05, 4.69) is 79.9 Å². The van der Waals surface area contributed by atoms with Crippen molar-refractivity contribution in [2.75, 3.05) is 0 Å². The average molecular weight is 647 g/mol. The number of hydrogen-bond acceptors (Lipinski definition) is 12. The fourth-order valence-corrected chi connectivity index (χ4v) is 8.69. The molecule has 11 rings (SSSR count). The number of oxazole rings is 2. The molecular weight excluding hydrogens is 621 g/mol. The molecule has 8 bridgehead atoms. The van der Waals surface area contributed by atoms with Gasteiger partial charge in [-0.1, -0.05) is 24.3 Å². The van der Waals surface area contributed by atoms with Gasteiger partial charge in [0.1, 0.15) is 30.3 Å². The van der Waals surface area contributed by atoms with Gasteiger partial charge >= 0.3 is 0 Å². The van der Waals surface area contributed by atoms with Crippen LogP contribution in [0.5, 0.6) is 0 Å². The van der Waals surface area contributed by atoms with Crippen LogP contribution in [0, 0.1) is 0 Å². The zero-order chi connectivity index (χ0) is 31.2. The Morgan fingerprint density at radius 3 is 1.83 bits per heavy atom. The lowest BCUT2D eigenvalue weighted by molar-refractivity contribution is 0.259. The fourth-order valence-electron chi connectivity index (χ4n) is 5.70. The van der Waals surface area contributed by atoms with E-state index in [9.17, 15) is 0 Å². The third kappa shape index (κ3) is 4.22. The third-order valence-electron chi connectivity index (χ3n) is 8.41. The Morgan fingerprint density at radius 1 is 0.609 bits per heavy atom. The summed E-state index contributed by atoms with van der Waals surface area (Å²) < 4.78 is 29.0. The molecule has 0 N–H and O–H groups in total. The summed E-state index contributed by atoms with van der Waals surface area (Å²) in [5, 5.41) is 18.2. The second kappa shape index (κ2) is 9.67. The van der Waals surface area contributed by atoms with Crippen LogP contribution in [-0.2, 0) is 22.1 Å². The monoisotopic (exact) mass is 646 g/mol. The van der Waals surface area contributed by atoms with E-state index in [-0.39, 0.29) is 6.61 Å². The molecule has 2 aromatic carbocycles. The van der Waals surface area contributed by atoms with Crippen LogP contribution in [0.15, 0.2) is 70.0 Å². The third-order valence-corrected chi connectivity index (χ3v) is 13.1. The van der Waals surface area contributed by atoms with Crippen LogP contribution in [0.4, 0.5) is 0 Å². The molecule has 0 fully saturated rings. The molecule has 228 valence electrons. The molecule has 0 saturated heterocycles. The van der Waals surface area contributed by atoms with Crippen LogP contribution in [-0.4, -0.2) is 66.1 Å². The molecule has 9 heterocycles. The topological polar surface area (TPSA) is 158 Å². The zero-order valence-corrected chi connectivity index (χ0v) is 27.3. The number of hydrogen-bond donors (Lipinski definition) is 0. The first-order chi connectivity index (χ1) is 22.2. The number of imidazole rings is 2. The number of nitrogens with zero attached hydrogens (tertiary/aromatic N) is 10. The minimum absolute atomic E-state index is 0.0870. The van der Waals surface area contributed by atoms with E-state index in [0.717, 1.165) is 16.9 Å². The molecule has 0 saturated carbocycles. The first-order valence-corrected chi connectivity index (χ1v) is 20.5. The highest BCUT2D eigenvalue weighted by Crippen LogP contribution is 2.27. The van der Waals surface area contributed by atoms with E-state index >= 15 is 0 Å². The Labute approximate surface area is 262 Å². The lowest BCUT2D eigenvalue weighted by Gasteiger charge is -2.24. The molecular formula is C30H26N10O4Si2. The normalized spacial score (nSPS) is 16.3. The number of aromatic nitrogens is 10. The van der Waals surface area contributed by atoms with Gasteiger partial charge in [0.05, 0.1) is 6.61 Å². The average Bonchev–Trinajstić information content (AvgIpc) is 3.86. The molecule has 0 spiro atoms. The van der Waals surface area contributed by atoms with Crippen molar-refractivity contribution >= 4 is 72.1 Å². The van der Waals surface area contributed by atoms with Crippen molar-refractivity contribution in [3.63, 3.8) is 0 Å². The van der Waals surface area contributed by atoms with Gasteiger partial charge in [-0.15, -0.1) is 20.4 Å².